The summed E-state index contributed by atoms with van der Waals surface area (Å²) in [6.07, 6.45) is 5.86. The molecule has 3 N–H and O–H groups in total. The number of aryl methyl sites for hydroxylation is 1. The van der Waals surface area contributed by atoms with Crippen molar-refractivity contribution in [3.8, 4) is 5.69 Å². The molecule has 0 aliphatic heterocycles. The quantitative estimate of drug-likeness (QED) is 0.287. The number of aromatic carboxylic acids is 1. The van der Waals surface area contributed by atoms with Gasteiger partial charge in [0.05, 0.1) is 28.0 Å². The van der Waals surface area contributed by atoms with Crippen LogP contribution in [0.25, 0.3) is 16.6 Å². The average Bonchev–Trinajstić information content (AvgIpc) is 3.47. The summed E-state index contributed by atoms with van der Waals surface area (Å²) in [6.45, 7) is 0.457. The van der Waals surface area contributed by atoms with Gasteiger partial charge in [-0.2, -0.15) is 5.10 Å². The van der Waals surface area contributed by atoms with Gasteiger partial charge < -0.3 is 15.4 Å². The zero-order valence-electron chi connectivity index (χ0n) is 18.9. The van der Waals surface area contributed by atoms with E-state index in [1.54, 1.807) is 27.7 Å². The van der Waals surface area contributed by atoms with Crippen molar-refractivity contribution in [3.05, 3.63) is 70.6 Å². The van der Waals surface area contributed by atoms with Crippen LogP contribution in [0.15, 0.2) is 52.5 Å². The van der Waals surface area contributed by atoms with E-state index in [1.165, 1.54) is 24.3 Å². The fourth-order valence-corrected chi connectivity index (χ4v) is 5.63. The molecule has 2 aromatic carbocycles. The Morgan fingerprint density at radius 3 is 2.67 bits per heavy atom. The molecule has 0 spiro atoms. The van der Waals surface area contributed by atoms with E-state index in [0.29, 0.717) is 28.9 Å². The first-order valence-corrected chi connectivity index (χ1v) is 12.5. The summed E-state index contributed by atoms with van der Waals surface area (Å²) in [5, 5.41) is 14.2. The Labute approximate surface area is 213 Å². The summed E-state index contributed by atoms with van der Waals surface area (Å²) in [4.78, 5) is 23.3. The summed E-state index contributed by atoms with van der Waals surface area (Å²) in [5.41, 5.74) is 6.45. The zero-order chi connectivity index (χ0) is 25.6. The van der Waals surface area contributed by atoms with Crippen LogP contribution in [0.4, 0.5) is 8.78 Å². The molecule has 0 radical (unpaired) electrons. The number of hydrogen-bond donors (Lipinski definition) is 2. The number of benzene rings is 2. The monoisotopic (exact) mass is 530 g/mol. The number of nitrogens with zero attached hydrogens (tertiary/aromatic N) is 3. The Bertz CT molecular complexity index is 1510. The van der Waals surface area contributed by atoms with Gasteiger partial charge in [0.1, 0.15) is 0 Å². The molecule has 0 atom stereocenters. The second-order valence-corrected chi connectivity index (χ2v) is 10.1. The predicted molar refractivity (Wildman–Crippen MR) is 132 cm³/mol. The molecule has 1 aliphatic carbocycles. The number of primary amides is 1. The van der Waals surface area contributed by atoms with Gasteiger partial charge in [-0.15, -0.1) is 0 Å². The normalized spacial score (nSPS) is 13.4. The first-order chi connectivity index (χ1) is 17.3. The van der Waals surface area contributed by atoms with Crippen LogP contribution in [-0.2, 0) is 11.3 Å². The van der Waals surface area contributed by atoms with E-state index in [0.717, 1.165) is 30.3 Å². The third kappa shape index (κ3) is 4.46. The maximum absolute atomic E-state index is 15.5. The van der Waals surface area contributed by atoms with Crippen LogP contribution < -0.4 is 5.73 Å². The number of nitrogens with two attached hydrogens (primary N) is 1. The van der Waals surface area contributed by atoms with Crippen LogP contribution in [-0.4, -0.2) is 31.3 Å². The van der Waals surface area contributed by atoms with Gasteiger partial charge in [0, 0.05) is 46.0 Å². The number of aromatic nitrogens is 3. The standard InChI is InChI=1S/C25H21ClF2N4O3S/c26-17-9-8-16-23(21(17)28)32(14-11-30-31(12-14)10-2-5-19(29)33)22(13-6-7-13)24(16)36-18-4-1-3-15(20(18)27)25(34)35/h1,3-4,8-9,11-13H,2,5-7,10H2,(H2,29,33)(H,34,35). The molecule has 1 amide bonds. The molecular weight excluding hydrogens is 510 g/mol. The largest absolute Gasteiger partial charge is 0.478 e. The van der Waals surface area contributed by atoms with Crippen LogP contribution >= 0.6 is 23.4 Å². The summed E-state index contributed by atoms with van der Waals surface area (Å²) < 4.78 is 34.0. The summed E-state index contributed by atoms with van der Waals surface area (Å²) >= 11 is 7.24. The predicted octanol–water partition coefficient (Wildman–Crippen LogP) is 5.75. The van der Waals surface area contributed by atoms with E-state index in [9.17, 15) is 14.7 Å². The van der Waals surface area contributed by atoms with Gasteiger partial charge >= 0.3 is 5.97 Å². The van der Waals surface area contributed by atoms with Gasteiger partial charge in [-0.25, -0.2) is 13.6 Å². The maximum atomic E-state index is 15.5. The highest BCUT2D eigenvalue weighted by Gasteiger charge is 2.35. The molecule has 1 aliphatic rings. The lowest BCUT2D eigenvalue weighted by atomic mass is 10.2. The number of fused-ring (bicyclic) bond motifs is 1. The van der Waals surface area contributed by atoms with Crippen molar-refractivity contribution in [3.63, 3.8) is 0 Å². The molecule has 0 unspecified atom stereocenters. The number of carboxylic acids is 1. The van der Waals surface area contributed by atoms with Crippen molar-refractivity contribution in [2.24, 2.45) is 5.73 Å². The van der Waals surface area contributed by atoms with Gasteiger partial charge in [-0.1, -0.05) is 29.4 Å². The summed E-state index contributed by atoms with van der Waals surface area (Å²) in [5.74, 6) is -3.09. The second-order valence-electron chi connectivity index (χ2n) is 8.64. The highest BCUT2D eigenvalue weighted by molar-refractivity contribution is 7.99. The van der Waals surface area contributed by atoms with E-state index in [2.05, 4.69) is 5.10 Å². The minimum Gasteiger partial charge on any atom is -0.478 e. The molecule has 1 saturated carbocycles. The van der Waals surface area contributed by atoms with E-state index in [-0.39, 0.29) is 27.8 Å². The van der Waals surface area contributed by atoms with E-state index < -0.39 is 29.1 Å². The van der Waals surface area contributed by atoms with E-state index >= 15 is 8.78 Å². The number of carbonyl (C=O) groups excluding carboxylic acids is 1. The lowest BCUT2D eigenvalue weighted by Crippen LogP contribution is -2.11. The van der Waals surface area contributed by atoms with Crippen molar-refractivity contribution in [2.45, 2.75) is 47.9 Å². The molecule has 0 bridgehead atoms. The first-order valence-electron chi connectivity index (χ1n) is 11.3. The van der Waals surface area contributed by atoms with Crippen LogP contribution in [0.5, 0.6) is 0 Å². The number of hydrogen-bond acceptors (Lipinski definition) is 4. The Morgan fingerprint density at radius 1 is 1.19 bits per heavy atom. The van der Waals surface area contributed by atoms with E-state index in [1.807, 2.05) is 0 Å². The molecular formula is C25H21ClF2N4O3S. The summed E-state index contributed by atoms with van der Waals surface area (Å²) in [6, 6.07) is 7.36. The number of amides is 1. The molecule has 2 aromatic heterocycles. The van der Waals surface area contributed by atoms with E-state index in [4.69, 9.17) is 17.3 Å². The van der Waals surface area contributed by atoms with Gasteiger partial charge in [-0.05, 0) is 43.5 Å². The molecule has 2 heterocycles. The van der Waals surface area contributed by atoms with Crippen LogP contribution in [0.1, 0.15) is 47.7 Å². The topological polar surface area (TPSA) is 103 Å². The lowest BCUT2D eigenvalue weighted by molar-refractivity contribution is -0.118. The van der Waals surface area contributed by atoms with Gasteiger partial charge in [0.25, 0.3) is 0 Å². The first kappa shape index (κ1) is 24.3. The van der Waals surface area contributed by atoms with Gasteiger partial charge in [0.2, 0.25) is 5.91 Å². The highest BCUT2D eigenvalue weighted by atomic mass is 35.5. The van der Waals surface area contributed by atoms with Crippen molar-refractivity contribution in [2.75, 3.05) is 0 Å². The Balaban J connectivity index is 1.67. The van der Waals surface area contributed by atoms with Crippen molar-refractivity contribution in [1.29, 1.82) is 0 Å². The molecule has 36 heavy (non-hydrogen) atoms. The molecule has 186 valence electrons. The molecule has 5 rings (SSSR count). The lowest BCUT2D eigenvalue weighted by Gasteiger charge is -2.11. The molecule has 4 aromatic rings. The third-order valence-electron chi connectivity index (χ3n) is 6.07. The minimum absolute atomic E-state index is 0.0481. The maximum Gasteiger partial charge on any atom is 0.338 e. The number of carbonyl (C=O) groups is 2. The molecule has 11 heteroatoms. The Morgan fingerprint density at radius 2 is 1.97 bits per heavy atom. The number of halogens is 3. The third-order valence-corrected chi connectivity index (χ3v) is 7.53. The fraction of sp³-hybridized carbons (Fsp3) is 0.240. The Kier molecular flexibility index (Phi) is 6.48. The SMILES string of the molecule is NC(=O)CCCn1cc(-n2c(C3CC3)c(Sc3cccc(C(=O)O)c3F)c3ccc(Cl)c(F)c32)cn1. The molecule has 1 fully saturated rings. The van der Waals surface area contributed by atoms with Crippen molar-refractivity contribution < 1.29 is 23.5 Å². The number of rotatable bonds is 9. The van der Waals surface area contributed by atoms with Crippen LogP contribution in [0.3, 0.4) is 0 Å². The Hall–Kier alpha value is -3.37. The smallest absolute Gasteiger partial charge is 0.338 e. The highest BCUT2D eigenvalue weighted by Crippen LogP contribution is 2.51. The average molecular weight is 531 g/mol. The van der Waals surface area contributed by atoms with Crippen LogP contribution in [0, 0.1) is 11.6 Å². The molecule has 0 saturated heterocycles. The minimum atomic E-state index is -1.36. The van der Waals surface area contributed by atoms with Gasteiger partial charge in [0.15, 0.2) is 11.6 Å². The van der Waals surface area contributed by atoms with Crippen molar-refractivity contribution in [1.82, 2.24) is 14.3 Å². The molecule has 7 nitrogen and oxygen atoms in total. The fourth-order valence-electron chi connectivity index (χ4n) is 4.27. The summed E-state index contributed by atoms with van der Waals surface area (Å²) in [7, 11) is 0. The van der Waals surface area contributed by atoms with Crippen LogP contribution in [0.2, 0.25) is 5.02 Å². The van der Waals surface area contributed by atoms with Gasteiger partial charge in [-0.3, -0.25) is 9.48 Å². The second kappa shape index (κ2) is 9.59. The zero-order valence-corrected chi connectivity index (χ0v) is 20.5. The van der Waals surface area contributed by atoms with Crippen molar-refractivity contribution >= 4 is 46.1 Å². The number of carboxylic acid groups (broad SMARTS) is 1.